The van der Waals surface area contributed by atoms with Crippen molar-refractivity contribution in [2.75, 3.05) is 19.6 Å². The van der Waals surface area contributed by atoms with Crippen molar-refractivity contribution >= 4 is 5.91 Å². The number of aliphatic hydroxyl groups excluding tert-OH is 2. The number of rotatable bonds is 8. The van der Waals surface area contributed by atoms with Gasteiger partial charge in [-0.1, -0.05) is 55.5 Å². The highest BCUT2D eigenvalue weighted by molar-refractivity contribution is 5.94. The normalized spacial score (nSPS) is 24.3. The van der Waals surface area contributed by atoms with Crippen LogP contribution in [0.15, 0.2) is 48.5 Å². The van der Waals surface area contributed by atoms with Crippen molar-refractivity contribution in [2.24, 2.45) is 5.92 Å². The van der Waals surface area contributed by atoms with E-state index in [2.05, 4.69) is 10.2 Å². The second kappa shape index (κ2) is 13.1. The molecule has 2 aliphatic rings. The summed E-state index contributed by atoms with van der Waals surface area (Å²) in [6.45, 7) is 3.60. The summed E-state index contributed by atoms with van der Waals surface area (Å²) in [7, 11) is 0. The fourth-order valence-electron chi connectivity index (χ4n) is 5.43. The van der Waals surface area contributed by atoms with Crippen molar-refractivity contribution in [3.05, 3.63) is 105 Å². The highest BCUT2D eigenvalue weighted by atomic mass is 19.2. The lowest BCUT2D eigenvalue weighted by atomic mass is 9.90. The third-order valence-corrected chi connectivity index (χ3v) is 7.95. The van der Waals surface area contributed by atoms with Crippen LogP contribution in [0.1, 0.15) is 58.4 Å². The number of nitrogens with one attached hydrogen (secondary N) is 1. The van der Waals surface area contributed by atoms with Gasteiger partial charge in [0.25, 0.3) is 5.91 Å². The predicted molar refractivity (Wildman–Crippen MR) is 144 cm³/mol. The first-order chi connectivity index (χ1) is 20.6. The van der Waals surface area contributed by atoms with E-state index in [9.17, 15) is 37.0 Å². The molecule has 0 spiro atoms. The fraction of sp³-hybridized carbons (Fsp3) is 0.387. The minimum Gasteiger partial charge on any atom is -0.392 e. The maximum absolute atomic E-state index is 14.0. The average molecular weight is 607 g/mol. The number of carbonyl (C=O) groups is 1. The number of aliphatic hydroxyl groups is 2. The van der Waals surface area contributed by atoms with Gasteiger partial charge in [0.2, 0.25) is 5.82 Å². The van der Waals surface area contributed by atoms with Crippen LogP contribution in [-0.2, 0) is 22.6 Å². The van der Waals surface area contributed by atoms with Crippen molar-refractivity contribution < 1.29 is 46.4 Å². The first kappa shape index (κ1) is 31.0. The Morgan fingerprint density at radius 3 is 2.05 bits per heavy atom. The molecular formula is C31H31F5N2O5. The number of amides is 1. The molecule has 5 atom stereocenters. The lowest BCUT2D eigenvalue weighted by molar-refractivity contribution is -0.276. The lowest BCUT2D eigenvalue weighted by Gasteiger charge is -2.42. The summed E-state index contributed by atoms with van der Waals surface area (Å²) in [6, 6.07) is 14.1. The van der Waals surface area contributed by atoms with Gasteiger partial charge in [0.05, 0.1) is 24.9 Å². The molecule has 0 bridgehead atoms. The maximum atomic E-state index is 14.0. The highest BCUT2D eigenvalue weighted by Gasteiger charge is 2.40. The Morgan fingerprint density at radius 2 is 1.47 bits per heavy atom. The third-order valence-electron chi connectivity index (χ3n) is 7.95. The van der Waals surface area contributed by atoms with E-state index in [0.717, 1.165) is 17.7 Å². The number of nitrogens with zero attached hydrogens (tertiary/aromatic N) is 1. The number of likely N-dealkylation sites (tertiary alicyclic amines) is 1. The Bertz CT molecular complexity index is 1430. The van der Waals surface area contributed by atoms with Crippen LogP contribution in [0.5, 0.6) is 0 Å². The number of hydrogen-bond acceptors (Lipinski definition) is 6. The van der Waals surface area contributed by atoms with E-state index in [-0.39, 0.29) is 37.4 Å². The molecule has 1 amide bonds. The largest absolute Gasteiger partial charge is 0.392 e. The topological polar surface area (TPSA) is 91.3 Å². The van der Waals surface area contributed by atoms with Crippen molar-refractivity contribution in [3.63, 3.8) is 0 Å². The van der Waals surface area contributed by atoms with Crippen molar-refractivity contribution in [1.29, 1.82) is 0 Å². The molecule has 2 aliphatic heterocycles. The first-order valence-electron chi connectivity index (χ1n) is 13.9. The summed E-state index contributed by atoms with van der Waals surface area (Å²) in [4.78, 5) is 14.5. The first-order valence-corrected chi connectivity index (χ1v) is 13.9. The number of hydrogen-bond donors (Lipinski definition) is 3. The zero-order valence-corrected chi connectivity index (χ0v) is 23.2. The number of ether oxygens (including phenoxy) is 2. The Kier molecular flexibility index (Phi) is 9.42. The van der Waals surface area contributed by atoms with Crippen LogP contribution in [0.2, 0.25) is 0 Å². The van der Waals surface area contributed by atoms with E-state index >= 15 is 0 Å². The predicted octanol–water partition coefficient (Wildman–Crippen LogP) is 4.66. The zero-order chi connectivity index (χ0) is 30.8. The van der Waals surface area contributed by atoms with Crippen LogP contribution in [0, 0.1) is 35.0 Å². The van der Waals surface area contributed by atoms with E-state index < -0.39 is 46.8 Å². The summed E-state index contributed by atoms with van der Waals surface area (Å²) >= 11 is 0. The smallest absolute Gasteiger partial charge is 0.257 e. The van der Waals surface area contributed by atoms with Crippen LogP contribution < -0.4 is 5.32 Å². The minimum atomic E-state index is -2.34. The third kappa shape index (κ3) is 6.58. The SMILES string of the molecule is C[C@H]1[C@@H](CN2CC[C@H](O)C2)O[C@@H](c2ccc(CNC(=O)c3c(F)c(F)c(F)c(F)c3F)cc2)O[C@H]1c1ccc(CO)cc1. The second-order valence-corrected chi connectivity index (χ2v) is 10.9. The Morgan fingerprint density at radius 1 is 0.884 bits per heavy atom. The number of carbonyl (C=O) groups excluding carboxylic acids is 1. The summed E-state index contributed by atoms with van der Waals surface area (Å²) in [5.41, 5.74) is 1.28. The van der Waals surface area contributed by atoms with Crippen LogP contribution in [0.3, 0.4) is 0 Å². The molecule has 12 heteroatoms. The summed E-state index contributed by atoms with van der Waals surface area (Å²) in [6.07, 6.45) is -1.05. The van der Waals surface area contributed by atoms with E-state index in [1.165, 1.54) is 0 Å². The van der Waals surface area contributed by atoms with Gasteiger partial charge in [-0.05, 0) is 23.1 Å². The summed E-state index contributed by atoms with van der Waals surface area (Å²) in [5, 5.41) is 21.6. The molecule has 5 rings (SSSR count). The second-order valence-electron chi connectivity index (χ2n) is 10.9. The molecule has 0 aliphatic carbocycles. The van der Waals surface area contributed by atoms with Crippen molar-refractivity contribution in [2.45, 2.75) is 51.1 Å². The van der Waals surface area contributed by atoms with Crippen LogP contribution in [-0.4, -0.2) is 52.9 Å². The van der Waals surface area contributed by atoms with E-state index in [1.807, 2.05) is 31.2 Å². The zero-order valence-electron chi connectivity index (χ0n) is 23.2. The van der Waals surface area contributed by atoms with Crippen LogP contribution in [0.4, 0.5) is 22.0 Å². The van der Waals surface area contributed by atoms with Crippen LogP contribution in [0.25, 0.3) is 0 Å². The van der Waals surface area contributed by atoms with Gasteiger partial charge in [-0.25, -0.2) is 22.0 Å². The summed E-state index contributed by atoms with van der Waals surface area (Å²) < 4.78 is 81.1. The molecule has 0 unspecified atom stereocenters. The molecule has 0 saturated carbocycles. The maximum Gasteiger partial charge on any atom is 0.257 e. The van der Waals surface area contributed by atoms with E-state index in [4.69, 9.17) is 9.47 Å². The molecule has 0 aromatic heterocycles. The average Bonchev–Trinajstić information content (AvgIpc) is 3.43. The quantitative estimate of drug-likeness (QED) is 0.196. The van der Waals surface area contributed by atoms with Gasteiger partial charge in [-0.15, -0.1) is 0 Å². The molecular weight excluding hydrogens is 575 g/mol. The molecule has 3 aromatic rings. The van der Waals surface area contributed by atoms with Crippen molar-refractivity contribution in [3.8, 4) is 0 Å². The molecule has 3 N–H and O–H groups in total. The minimum absolute atomic E-state index is 0.0506. The Labute approximate surface area is 244 Å². The van der Waals surface area contributed by atoms with Gasteiger partial charge in [0.1, 0.15) is 5.56 Å². The van der Waals surface area contributed by atoms with Gasteiger partial charge in [0.15, 0.2) is 29.6 Å². The van der Waals surface area contributed by atoms with E-state index in [0.29, 0.717) is 30.6 Å². The molecule has 2 heterocycles. The molecule has 3 aromatic carbocycles. The molecule has 43 heavy (non-hydrogen) atoms. The van der Waals surface area contributed by atoms with Gasteiger partial charge in [0, 0.05) is 37.7 Å². The Hall–Kier alpha value is -3.42. The monoisotopic (exact) mass is 606 g/mol. The van der Waals surface area contributed by atoms with Gasteiger partial charge < -0.3 is 25.0 Å². The Balaban J connectivity index is 1.31. The molecule has 2 saturated heterocycles. The number of benzene rings is 3. The van der Waals surface area contributed by atoms with Gasteiger partial charge in [-0.2, -0.15) is 0 Å². The van der Waals surface area contributed by atoms with E-state index in [1.54, 1.807) is 24.3 Å². The molecule has 230 valence electrons. The number of β-amino-alcohol motifs (C(OH)–C–C–N with tert-alkyl or cyclic N) is 1. The number of halogens is 5. The lowest BCUT2D eigenvalue weighted by Crippen LogP contribution is -2.44. The van der Waals surface area contributed by atoms with Crippen LogP contribution >= 0.6 is 0 Å². The molecule has 0 radical (unpaired) electrons. The van der Waals surface area contributed by atoms with Gasteiger partial charge in [-0.3, -0.25) is 9.69 Å². The fourth-order valence-corrected chi connectivity index (χ4v) is 5.43. The van der Waals surface area contributed by atoms with Crippen molar-refractivity contribution in [1.82, 2.24) is 10.2 Å². The summed E-state index contributed by atoms with van der Waals surface area (Å²) in [5.74, 6) is -12.6. The standard InChI is InChI=1S/C31H31F5N2O5/c1-16-22(14-38-11-10-21(40)13-38)42-31(43-29(16)19-6-4-18(15-39)5-7-19)20-8-2-17(3-9-20)12-37-30(41)23-24(32)26(34)28(36)27(35)25(23)33/h2-9,16,21-22,29,31,39-40H,10-15H2,1H3,(H,37,41)/t16-,21-,22+,29+,31+/m0/s1. The highest BCUT2D eigenvalue weighted by Crippen LogP contribution is 2.42. The molecule has 7 nitrogen and oxygen atoms in total. The van der Waals surface area contributed by atoms with Gasteiger partial charge >= 0.3 is 0 Å². The molecule has 2 fully saturated rings.